The average Bonchev–Trinajstić information content (AvgIpc) is 0.811. The topological polar surface area (TPSA) is 57.5 Å². The van der Waals surface area contributed by atoms with E-state index in [1.165, 1.54) is 0 Å². The third-order valence-corrected chi connectivity index (χ3v) is 0. The molecule has 0 aliphatic rings. The van der Waals surface area contributed by atoms with Gasteiger partial charge in [-0.2, -0.15) is 0 Å². The molecule has 6 heteroatoms. The zero-order valence-corrected chi connectivity index (χ0v) is 5.63. The van der Waals surface area contributed by atoms with E-state index in [-0.39, 0.29) is 67.0 Å². The molecular weight excluding hydrogens is 191 g/mol. The van der Waals surface area contributed by atoms with Gasteiger partial charge in [0, 0.05) is 32.7 Å². The summed E-state index contributed by atoms with van der Waals surface area (Å²) in [5.74, 6) is 0. The summed E-state index contributed by atoms with van der Waals surface area (Å²) in [6.07, 6.45) is -1.83. The first kappa shape index (κ1) is 23.9. The molecule has 0 spiro atoms. The number of carboxylic acid groups (broad SMARTS) is 2. The second-order valence-electron chi connectivity index (χ2n) is 0.283. The standard InChI is InChI=1S/CH2O3.FH.Na.Y.H/c2-1(3)4;;;;/h(H2,2,3,4);1H;;;. The van der Waals surface area contributed by atoms with Crippen molar-refractivity contribution < 1.29 is 52.4 Å². The fourth-order valence-corrected chi connectivity index (χ4v) is 0. The van der Waals surface area contributed by atoms with Crippen molar-refractivity contribution in [1.29, 1.82) is 0 Å². The van der Waals surface area contributed by atoms with Gasteiger partial charge in [0.1, 0.15) is 0 Å². The number of rotatable bonds is 0. The molecule has 3 nitrogen and oxygen atoms in total. The van der Waals surface area contributed by atoms with Gasteiger partial charge >= 0.3 is 35.7 Å². The molecule has 0 aromatic carbocycles. The van der Waals surface area contributed by atoms with Crippen molar-refractivity contribution in [2.45, 2.75) is 0 Å². The minimum atomic E-state index is -1.83. The first-order valence-electron chi connectivity index (χ1n) is 0.651. The molecule has 0 unspecified atom stereocenters. The van der Waals surface area contributed by atoms with E-state index >= 15 is 0 Å². The number of carbonyl (C=O) groups is 1. The Labute approximate surface area is 87.0 Å². The van der Waals surface area contributed by atoms with Crippen LogP contribution in [-0.4, -0.2) is 45.9 Å². The second-order valence-corrected chi connectivity index (χ2v) is 0.283. The van der Waals surface area contributed by atoms with Crippen LogP contribution < -0.4 is 0 Å². The minimum Gasteiger partial charge on any atom is 0 e. The Balaban J connectivity index is -0.0000000150. The average molecular weight is 195 g/mol. The molecule has 0 aliphatic heterocycles. The molecule has 37 valence electrons. The van der Waals surface area contributed by atoms with E-state index in [4.69, 9.17) is 15.0 Å². The van der Waals surface area contributed by atoms with Crippen LogP contribution in [0.15, 0.2) is 0 Å². The molecule has 1 radical (unpaired) electrons. The Bertz CT molecular complexity index is 37.9. The summed E-state index contributed by atoms with van der Waals surface area (Å²) >= 11 is 0. The van der Waals surface area contributed by atoms with E-state index in [1.54, 1.807) is 0 Å². The zero-order valence-electron chi connectivity index (χ0n) is 2.79. The van der Waals surface area contributed by atoms with Crippen LogP contribution in [0.5, 0.6) is 0 Å². The quantitative estimate of drug-likeness (QED) is 0.522. The van der Waals surface area contributed by atoms with Gasteiger partial charge in [-0.1, -0.05) is 0 Å². The molecule has 0 saturated heterocycles. The predicted molar refractivity (Wildman–Crippen MR) is 20.3 cm³/mol. The zero-order chi connectivity index (χ0) is 3.58. The Morgan fingerprint density at radius 2 is 1.29 bits per heavy atom. The van der Waals surface area contributed by atoms with Crippen LogP contribution >= 0.6 is 0 Å². The molecule has 2 N–H and O–H groups in total. The van der Waals surface area contributed by atoms with Crippen LogP contribution in [0.1, 0.15) is 0 Å². The third kappa shape index (κ3) is 121. The van der Waals surface area contributed by atoms with Crippen molar-refractivity contribution >= 4 is 35.7 Å². The predicted octanol–water partition coefficient (Wildman–Crippen LogP) is -0.276. The maximum Gasteiger partial charge on any atom is 0 e. The Morgan fingerprint density at radius 3 is 1.29 bits per heavy atom. The smallest absolute Gasteiger partial charge is 0 e. The van der Waals surface area contributed by atoms with E-state index in [0.717, 1.165) is 0 Å². The summed E-state index contributed by atoms with van der Waals surface area (Å²) in [4.78, 5) is 8.56. The fourth-order valence-electron chi connectivity index (χ4n) is 0. The van der Waals surface area contributed by atoms with Crippen molar-refractivity contribution in [2.75, 3.05) is 0 Å². The molecule has 0 aromatic rings. The van der Waals surface area contributed by atoms with E-state index in [1.807, 2.05) is 0 Å². The number of hydrogen-bond acceptors (Lipinski definition) is 1. The van der Waals surface area contributed by atoms with Gasteiger partial charge in [0.15, 0.2) is 0 Å². The second kappa shape index (κ2) is 15.7. The summed E-state index contributed by atoms with van der Waals surface area (Å²) < 4.78 is 0. The van der Waals surface area contributed by atoms with Gasteiger partial charge in [-0.3, -0.25) is 4.70 Å². The van der Waals surface area contributed by atoms with Crippen molar-refractivity contribution in [1.82, 2.24) is 0 Å². The molecule has 0 fully saturated rings. The van der Waals surface area contributed by atoms with Crippen LogP contribution in [0.2, 0.25) is 0 Å². The fraction of sp³-hybridized carbons (Fsp3) is 0. The van der Waals surface area contributed by atoms with Crippen LogP contribution in [-0.2, 0) is 32.7 Å². The largest absolute Gasteiger partial charge is 0 e. The van der Waals surface area contributed by atoms with Gasteiger partial charge in [0.25, 0.3) is 0 Å². The van der Waals surface area contributed by atoms with Gasteiger partial charge in [-0.05, 0) is 0 Å². The third-order valence-electron chi connectivity index (χ3n) is 0. The van der Waals surface area contributed by atoms with Crippen LogP contribution in [0, 0.1) is 0 Å². The molecule has 0 saturated carbocycles. The molecule has 0 aromatic heterocycles. The van der Waals surface area contributed by atoms with Gasteiger partial charge in [0.2, 0.25) is 0 Å². The van der Waals surface area contributed by atoms with Gasteiger partial charge in [-0.15, -0.1) is 0 Å². The van der Waals surface area contributed by atoms with E-state index < -0.39 is 6.16 Å². The normalized spacial score (nSPS) is 3.43. The SMILES string of the molecule is F.O=C(O)O.[NaH].[Y]. The minimum absolute atomic E-state index is 0. The van der Waals surface area contributed by atoms with Crippen molar-refractivity contribution in [3.8, 4) is 0 Å². The first-order chi connectivity index (χ1) is 1.73. The molecule has 0 bridgehead atoms. The summed E-state index contributed by atoms with van der Waals surface area (Å²) in [6, 6.07) is 0. The molecule has 7 heavy (non-hydrogen) atoms. The van der Waals surface area contributed by atoms with E-state index in [0.29, 0.717) is 0 Å². The summed E-state index contributed by atoms with van der Waals surface area (Å²) in [7, 11) is 0. The molecule has 0 heterocycles. The maximum absolute atomic E-state index is 8.56. The Hall–Kier alpha value is 1.30. The van der Waals surface area contributed by atoms with Gasteiger partial charge < -0.3 is 10.2 Å². The Kier molecular flexibility index (Phi) is 53.5. The summed E-state index contributed by atoms with van der Waals surface area (Å²) in [6.45, 7) is 0. The first-order valence-corrected chi connectivity index (χ1v) is 0.651. The van der Waals surface area contributed by atoms with Crippen LogP contribution in [0.3, 0.4) is 0 Å². The van der Waals surface area contributed by atoms with Crippen LogP contribution in [0.25, 0.3) is 0 Å². The molecule has 0 aliphatic carbocycles. The summed E-state index contributed by atoms with van der Waals surface area (Å²) in [5.41, 5.74) is 0. The number of hydrogen-bond donors (Lipinski definition) is 2. The van der Waals surface area contributed by atoms with Crippen molar-refractivity contribution in [3.63, 3.8) is 0 Å². The van der Waals surface area contributed by atoms with Crippen molar-refractivity contribution in [3.05, 3.63) is 0 Å². The van der Waals surface area contributed by atoms with E-state index in [9.17, 15) is 0 Å². The molecule has 0 amide bonds. The maximum atomic E-state index is 8.56. The number of halogens is 1. The van der Waals surface area contributed by atoms with Crippen molar-refractivity contribution in [2.24, 2.45) is 0 Å². The summed E-state index contributed by atoms with van der Waals surface area (Å²) in [5, 5.41) is 13.9. The molecule has 0 rings (SSSR count). The van der Waals surface area contributed by atoms with Gasteiger partial charge in [0.05, 0.1) is 0 Å². The van der Waals surface area contributed by atoms with E-state index in [2.05, 4.69) is 0 Å². The van der Waals surface area contributed by atoms with Gasteiger partial charge in [-0.25, -0.2) is 4.79 Å². The Morgan fingerprint density at radius 1 is 1.29 bits per heavy atom. The van der Waals surface area contributed by atoms with Crippen LogP contribution in [0.4, 0.5) is 9.50 Å². The monoisotopic (exact) mass is 195 g/mol. The molecular formula is CH4FNaO3Y. The molecule has 0 atom stereocenters.